The SMILES string of the molecule is CCOc1ccc(F)cc1-c1cc(C(=O)O)[nH]n1. The first-order valence-electron chi connectivity index (χ1n) is 5.33. The van der Waals surface area contributed by atoms with Crippen molar-refractivity contribution in [1.29, 1.82) is 0 Å². The van der Waals surface area contributed by atoms with Gasteiger partial charge in [-0.15, -0.1) is 0 Å². The fourth-order valence-corrected chi connectivity index (χ4v) is 1.55. The van der Waals surface area contributed by atoms with Crippen molar-refractivity contribution in [2.45, 2.75) is 6.92 Å². The molecule has 0 aliphatic carbocycles. The number of carbonyl (C=O) groups is 1. The van der Waals surface area contributed by atoms with Crippen molar-refractivity contribution in [3.63, 3.8) is 0 Å². The lowest BCUT2D eigenvalue weighted by atomic mass is 10.1. The highest BCUT2D eigenvalue weighted by atomic mass is 19.1. The van der Waals surface area contributed by atoms with Gasteiger partial charge in [0.25, 0.3) is 0 Å². The molecule has 0 fully saturated rings. The molecule has 0 bridgehead atoms. The first-order chi connectivity index (χ1) is 8.61. The molecule has 1 aromatic carbocycles. The van der Waals surface area contributed by atoms with Crippen LogP contribution in [0.2, 0.25) is 0 Å². The third-order valence-electron chi connectivity index (χ3n) is 2.33. The number of rotatable bonds is 4. The van der Waals surface area contributed by atoms with Crippen LogP contribution in [0.5, 0.6) is 5.75 Å². The van der Waals surface area contributed by atoms with E-state index in [-0.39, 0.29) is 5.69 Å². The van der Waals surface area contributed by atoms with Crippen molar-refractivity contribution >= 4 is 5.97 Å². The summed E-state index contributed by atoms with van der Waals surface area (Å²) in [4.78, 5) is 10.7. The normalized spacial score (nSPS) is 10.3. The second kappa shape index (κ2) is 4.87. The first-order valence-corrected chi connectivity index (χ1v) is 5.33. The van der Waals surface area contributed by atoms with Gasteiger partial charge in [-0.25, -0.2) is 9.18 Å². The van der Waals surface area contributed by atoms with E-state index in [1.165, 1.54) is 24.3 Å². The number of ether oxygens (including phenoxy) is 1. The number of carboxylic acid groups (broad SMARTS) is 1. The zero-order valence-electron chi connectivity index (χ0n) is 9.61. The van der Waals surface area contributed by atoms with Crippen LogP contribution in [-0.2, 0) is 0 Å². The van der Waals surface area contributed by atoms with E-state index in [0.717, 1.165) is 0 Å². The predicted octanol–water partition coefficient (Wildman–Crippen LogP) is 2.31. The number of benzene rings is 1. The van der Waals surface area contributed by atoms with Crippen LogP contribution in [0.15, 0.2) is 24.3 Å². The number of H-pyrrole nitrogens is 1. The monoisotopic (exact) mass is 250 g/mol. The summed E-state index contributed by atoms with van der Waals surface area (Å²) in [6.07, 6.45) is 0. The Balaban J connectivity index is 2.47. The summed E-state index contributed by atoms with van der Waals surface area (Å²) < 4.78 is 18.6. The van der Waals surface area contributed by atoms with Gasteiger partial charge in [0.05, 0.1) is 12.3 Å². The molecule has 2 N–H and O–H groups in total. The van der Waals surface area contributed by atoms with Gasteiger partial charge in [-0.05, 0) is 31.2 Å². The van der Waals surface area contributed by atoms with Gasteiger partial charge in [-0.3, -0.25) is 5.10 Å². The standard InChI is InChI=1S/C12H11FN2O3/c1-2-18-11-4-3-7(13)5-8(11)9-6-10(12(16)17)15-14-9/h3-6H,2H2,1H3,(H,14,15)(H,16,17). The number of hydrogen-bond acceptors (Lipinski definition) is 3. The Morgan fingerprint density at radius 1 is 1.50 bits per heavy atom. The van der Waals surface area contributed by atoms with E-state index in [0.29, 0.717) is 23.6 Å². The number of aromatic amines is 1. The summed E-state index contributed by atoms with van der Waals surface area (Å²) in [5.74, 6) is -1.10. The molecule has 0 aliphatic rings. The Morgan fingerprint density at radius 3 is 2.89 bits per heavy atom. The van der Waals surface area contributed by atoms with Crippen LogP contribution in [0.1, 0.15) is 17.4 Å². The van der Waals surface area contributed by atoms with E-state index < -0.39 is 11.8 Å². The van der Waals surface area contributed by atoms with Crippen LogP contribution in [0.4, 0.5) is 4.39 Å². The molecule has 0 saturated carbocycles. The molecular formula is C12H11FN2O3. The third kappa shape index (κ3) is 2.32. The van der Waals surface area contributed by atoms with Crippen molar-refractivity contribution in [2.75, 3.05) is 6.61 Å². The number of aromatic carboxylic acids is 1. The first kappa shape index (κ1) is 12.1. The summed E-state index contributed by atoms with van der Waals surface area (Å²) in [5.41, 5.74) is 0.688. The number of carboxylic acids is 1. The molecule has 0 atom stereocenters. The maximum atomic E-state index is 13.2. The molecule has 1 aromatic heterocycles. The number of nitrogens with one attached hydrogen (secondary N) is 1. The average Bonchev–Trinajstić information content (AvgIpc) is 2.81. The van der Waals surface area contributed by atoms with E-state index >= 15 is 0 Å². The van der Waals surface area contributed by atoms with Gasteiger partial charge in [-0.1, -0.05) is 0 Å². The molecular weight excluding hydrogens is 239 g/mol. The van der Waals surface area contributed by atoms with Crippen LogP contribution in [0, 0.1) is 5.82 Å². The smallest absolute Gasteiger partial charge is 0.353 e. The lowest BCUT2D eigenvalue weighted by molar-refractivity contribution is 0.0690. The van der Waals surface area contributed by atoms with Crippen molar-refractivity contribution in [3.05, 3.63) is 35.8 Å². The Labute approximate surface area is 102 Å². The molecule has 1 heterocycles. The highest BCUT2D eigenvalue weighted by Gasteiger charge is 2.14. The minimum absolute atomic E-state index is 0.0586. The van der Waals surface area contributed by atoms with Crippen LogP contribution in [0.3, 0.4) is 0 Å². The van der Waals surface area contributed by atoms with Crippen LogP contribution < -0.4 is 4.74 Å². The van der Waals surface area contributed by atoms with Gasteiger partial charge in [-0.2, -0.15) is 5.10 Å². The average molecular weight is 250 g/mol. The van der Waals surface area contributed by atoms with Gasteiger partial charge in [0.15, 0.2) is 0 Å². The Bertz CT molecular complexity index is 580. The van der Waals surface area contributed by atoms with Gasteiger partial charge >= 0.3 is 5.97 Å². The predicted molar refractivity (Wildman–Crippen MR) is 62.1 cm³/mol. The van der Waals surface area contributed by atoms with E-state index in [1.54, 1.807) is 6.92 Å². The van der Waals surface area contributed by atoms with E-state index in [2.05, 4.69) is 10.2 Å². The maximum Gasteiger partial charge on any atom is 0.353 e. The molecule has 0 aliphatic heterocycles. The van der Waals surface area contributed by atoms with Crippen molar-refractivity contribution in [2.24, 2.45) is 0 Å². The van der Waals surface area contributed by atoms with E-state index in [9.17, 15) is 9.18 Å². The molecule has 94 valence electrons. The van der Waals surface area contributed by atoms with Gasteiger partial charge < -0.3 is 9.84 Å². The number of nitrogens with zero attached hydrogens (tertiary/aromatic N) is 1. The largest absolute Gasteiger partial charge is 0.493 e. The highest BCUT2D eigenvalue weighted by molar-refractivity contribution is 5.87. The minimum Gasteiger partial charge on any atom is -0.493 e. The van der Waals surface area contributed by atoms with E-state index in [1.807, 2.05) is 0 Å². The summed E-state index contributed by atoms with van der Waals surface area (Å²) in [7, 11) is 0. The van der Waals surface area contributed by atoms with Gasteiger partial charge in [0.1, 0.15) is 17.3 Å². The third-order valence-corrected chi connectivity index (χ3v) is 2.33. The lowest BCUT2D eigenvalue weighted by Crippen LogP contribution is -1.95. The van der Waals surface area contributed by atoms with Crippen molar-refractivity contribution in [1.82, 2.24) is 10.2 Å². The molecule has 0 unspecified atom stereocenters. The Morgan fingerprint density at radius 2 is 2.28 bits per heavy atom. The lowest BCUT2D eigenvalue weighted by Gasteiger charge is -2.07. The topological polar surface area (TPSA) is 75.2 Å². The Kier molecular flexibility index (Phi) is 3.27. The van der Waals surface area contributed by atoms with Gasteiger partial charge in [0.2, 0.25) is 0 Å². The number of hydrogen-bond donors (Lipinski definition) is 2. The molecule has 2 rings (SSSR count). The van der Waals surface area contributed by atoms with Crippen LogP contribution >= 0.6 is 0 Å². The number of aromatic nitrogens is 2. The maximum absolute atomic E-state index is 13.2. The second-order valence-corrected chi connectivity index (χ2v) is 3.55. The minimum atomic E-state index is -1.12. The number of halogens is 1. The molecule has 6 heteroatoms. The van der Waals surface area contributed by atoms with E-state index in [4.69, 9.17) is 9.84 Å². The summed E-state index contributed by atoms with van der Waals surface area (Å²) in [6.45, 7) is 2.23. The molecule has 2 aromatic rings. The van der Waals surface area contributed by atoms with Crippen LogP contribution in [-0.4, -0.2) is 27.9 Å². The molecule has 18 heavy (non-hydrogen) atoms. The quantitative estimate of drug-likeness (QED) is 0.873. The zero-order chi connectivity index (χ0) is 13.1. The molecule has 0 radical (unpaired) electrons. The zero-order valence-corrected chi connectivity index (χ0v) is 9.61. The summed E-state index contributed by atoms with van der Waals surface area (Å²) >= 11 is 0. The molecule has 0 amide bonds. The molecule has 5 nitrogen and oxygen atoms in total. The van der Waals surface area contributed by atoms with Crippen molar-refractivity contribution < 1.29 is 19.0 Å². The Hall–Kier alpha value is -2.37. The highest BCUT2D eigenvalue weighted by Crippen LogP contribution is 2.29. The fourth-order valence-electron chi connectivity index (χ4n) is 1.55. The summed E-state index contributed by atoms with van der Waals surface area (Å²) in [5, 5.41) is 15.0. The van der Waals surface area contributed by atoms with Gasteiger partial charge in [0, 0.05) is 5.56 Å². The van der Waals surface area contributed by atoms with Crippen LogP contribution in [0.25, 0.3) is 11.3 Å². The molecule has 0 spiro atoms. The molecule has 0 saturated heterocycles. The fraction of sp³-hybridized carbons (Fsp3) is 0.167. The second-order valence-electron chi connectivity index (χ2n) is 3.55. The van der Waals surface area contributed by atoms with Crippen molar-refractivity contribution in [3.8, 4) is 17.0 Å². The summed E-state index contributed by atoms with van der Waals surface area (Å²) in [6, 6.07) is 5.36.